The highest BCUT2D eigenvalue weighted by molar-refractivity contribution is 7.92. The number of benzene rings is 2. The van der Waals surface area contributed by atoms with Gasteiger partial charge in [-0.3, -0.25) is 4.72 Å². The van der Waals surface area contributed by atoms with Gasteiger partial charge >= 0.3 is 6.61 Å². The standard InChI is InChI=1S/C20H25F2N3O5S/c1-24-8-10-25(11-9-24)16-13-15(5-7-17(16)28-2)31(26,27)23-14-4-6-18(30-20(21)22)19(12-14)29-3/h4-7,12-13,20,23H,8-11H2,1-3H3. The number of ether oxygens (including phenoxy) is 3. The highest BCUT2D eigenvalue weighted by atomic mass is 32.2. The maximum Gasteiger partial charge on any atom is 0.387 e. The third-order valence-electron chi connectivity index (χ3n) is 4.94. The van der Waals surface area contributed by atoms with E-state index in [4.69, 9.17) is 9.47 Å². The Bertz CT molecular complexity index is 1010. The summed E-state index contributed by atoms with van der Waals surface area (Å²) >= 11 is 0. The number of likely N-dealkylation sites (N-methyl/N-ethyl adjacent to an activating group) is 1. The first-order chi connectivity index (χ1) is 14.7. The van der Waals surface area contributed by atoms with Crippen molar-refractivity contribution in [3.8, 4) is 17.2 Å². The Morgan fingerprint density at radius 3 is 2.19 bits per heavy atom. The van der Waals surface area contributed by atoms with Crippen LogP contribution in [0.15, 0.2) is 41.3 Å². The van der Waals surface area contributed by atoms with E-state index in [-0.39, 0.29) is 22.1 Å². The minimum absolute atomic E-state index is 0.0200. The summed E-state index contributed by atoms with van der Waals surface area (Å²) in [5.41, 5.74) is 0.840. The van der Waals surface area contributed by atoms with Crippen LogP contribution >= 0.6 is 0 Å². The van der Waals surface area contributed by atoms with Crippen LogP contribution in [0.25, 0.3) is 0 Å². The lowest BCUT2D eigenvalue weighted by molar-refractivity contribution is -0.0512. The fraction of sp³-hybridized carbons (Fsp3) is 0.400. The molecule has 0 aromatic heterocycles. The van der Waals surface area contributed by atoms with Crippen molar-refractivity contribution < 1.29 is 31.4 Å². The van der Waals surface area contributed by atoms with Crippen molar-refractivity contribution in [2.45, 2.75) is 11.5 Å². The summed E-state index contributed by atoms with van der Waals surface area (Å²) in [6.07, 6.45) is 0. The number of sulfonamides is 1. The lowest BCUT2D eigenvalue weighted by Gasteiger charge is -2.34. The van der Waals surface area contributed by atoms with Gasteiger partial charge in [-0.25, -0.2) is 8.42 Å². The molecule has 0 unspecified atom stereocenters. The summed E-state index contributed by atoms with van der Waals surface area (Å²) in [6, 6.07) is 8.45. The Kier molecular flexibility index (Phi) is 7.06. The van der Waals surface area contributed by atoms with E-state index >= 15 is 0 Å². The summed E-state index contributed by atoms with van der Waals surface area (Å²) in [5.74, 6) is 0.370. The molecule has 2 aromatic carbocycles. The van der Waals surface area contributed by atoms with E-state index in [0.29, 0.717) is 11.4 Å². The minimum atomic E-state index is -3.96. The molecule has 31 heavy (non-hydrogen) atoms. The molecule has 1 aliphatic rings. The molecule has 170 valence electrons. The third-order valence-corrected chi connectivity index (χ3v) is 6.32. The number of nitrogens with zero attached hydrogens (tertiary/aromatic N) is 2. The van der Waals surface area contributed by atoms with E-state index in [2.05, 4.69) is 19.3 Å². The fourth-order valence-corrected chi connectivity index (χ4v) is 4.34. The number of anilines is 2. The van der Waals surface area contributed by atoms with Gasteiger partial charge in [0.15, 0.2) is 11.5 Å². The molecule has 8 nitrogen and oxygen atoms in total. The zero-order valence-corrected chi connectivity index (χ0v) is 18.3. The van der Waals surface area contributed by atoms with Gasteiger partial charge < -0.3 is 24.0 Å². The molecular formula is C20H25F2N3O5S. The number of methoxy groups -OCH3 is 2. The van der Waals surface area contributed by atoms with E-state index in [0.717, 1.165) is 26.2 Å². The average molecular weight is 457 g/mol. The Morgan fingerprint density at radius 2 is 1.58 bits per heavy atom. The van der Waals surface area contributed by atoms with Gasteiger partial charge in [0.25, 0.3) is 10.0 Å². The molecule has 1 fully saturated rings. The number of nitrogens with one attached hydrogen (secondary N) is 1. The number of piperazine rings is 1. The molecule has 0 aliphatic carbocycles. The van der Waals surface area contributed by atoms with Crippen LogP contribution in [0, 0.1) is 0 Å². The van der Waals surface area contributed by atoms with E-state index < -0.39 is 16.6 Å². The highest BCUT2D eigenvalue weighted by Gasteiger charge is 2.22. The Balaban J connectivity index is 1.87. The van der Waals surface area contributed by atoms with Crippen molar-refractivity contribution in [2.24, 2.45) is 0 Å². The SMILES string of the molecule is COc1cc(NS(=O)(=O)c2ccc(OC)c(N3CCN(C)CC3)c2)ccc1OC(F)F. The van der Waals surface area contributed by atoms with E-state index in [1.165, 1.54) is 38.5 Å². The number of rotatable bonds is 8. The van der Waals surface area contributed by atoms with Crippen molar-refractivity contribution in [3.05, 3.63) is 36.4 Å². The van der Waals surface area contributed by atoms with E-state index in [1.807, 2.05) is 7.05 Å². The van der Waals surface area contributed by atoms with Crippen molar-refractivity contribution in [1.29, 1.82) is 0 Å². The summed E-state index contributed by atoms with van der Waals surface area (Å²) in [6.45, 7) is 0.166. The quantitative estimate of drug-likeness (QED) is 0.653. The molecule has 0 bridgehead atoms. The van der Waals surface area contributed by atoms with Gasteiger partial charge in [0, 0.05) is 32.2 Å². The molecule has 2 aromatic rings. The fourth-order valence-electron chi connectivity index (χ4n) is 3.27. The molecule has 0 atom stereocenters. The summed E-state index contributed by atoms with van der Waals surface area (Å²) in [4.78, 5) is 4.33. The second-order valence-corrected chi connectivity index (χ2v) is 8.66. The smallest absolute Gasteiger partial charge is 0.387 e. The maximum atomic E-state index is 13.0. The van der Waals surface area contributed by atoms with Gasteiger partial charge in [-0.05, 0) is 37.4 Å². The molecule has 0 spiro atoms. The molecule has 11 heteroatoms. The Morgan fingerprint density at radius 1 is 0.935 bits per heavy atom. The molecule has 0 radical (unpaired) electrons. The van der Waals surface area contributed by atoms with Crippen LogP contribution in [0.3, 0.4) is 0 Å². The number of alkyl halides is 2. The van der Waals surface area contributed by atoms with Gasteiger partial charge in [-0.1, -0.05) is 0 Å². The normalized spacial score (nSPS) is 15.1. The zero-order valence-electron chi connectivity index (χ0n) is 17.5. The number of hydrogen-bond acceptors (Lipinski definition) is 7. The molecule has 1 saturated heterocycles. The van der Waals surface area contributed by atoms with Crippen molar-refractivity contribution in [2.75, 3.05) is 57.1 Å². The van der Waals surface area contributed by atoms with Crippen LogP contribution in [-0.2, 0) is 10.0 Å². The average Bonchev–Trinajstić information content (AvgIpc) is 2.74. The zero-order chi connectivity index (χ0) is 22.6. The van der Waals surface area contributed by atoms with Crippen LogP contribution in [0.1, 0.15) is 0 Å². The van der Waals surface area contributed by atoms with Crippen molar-refractivity contribution >= 4 is 21.4 Å². The van der Waals surface area contributed by atoms with Gasteiger partial charge in [-0.15, -0.1) is 0 Å². The second-order valence-electron chi connectivity index (χ2n) is 6.97. The molecule has 1 aliphatic heterocycles. The Hall–Kier alpha value is -2.79. The van der Waals surface area contributed by atoms with Gasteiger partial charge in [-0.2, -0.15) is 8.78 Å². The lowest BCUT2D eigenvalue weighted by atomic mass is 10.2. The molecular weight excluding hydrogens is 432 g/mol. The van der Waals surface area contributed by atoms with E-state index in [1.54, 1.807) is 12.1 Å². The molecule has 1 N–H and O–H groups in total. The summed E-state index contributed by atoms with van der Waals surface area (Å²) in [5, 5.41) is 0. The first-order valence-electron chi connectivity index (χ1n) is 9.50. The largest absolute Gasteiger partial charge is 0.495 e. The predicted molar refractivity (Wildman–Crippen MR) is 113 cm³/mol. The van der Waals surface area contributed by atoms with Crippen molar-refractivity contribution in [3.63, 3.8) is 0 Å². The van der Waals surface area contributed by atoms with Crippen LogP contribution < -0.4 is 23.8 Å². The molecule has 0 saturated carbocycles. The van der Waals surface area contributed by atoms with Crippen LogP contribution in [0.2, 0.25) is 0 Å². The number of hydrogen-bond donors (Lipinski definition) is 1. The Labute approximate surface area is 180 Å². The number of halogens is 2. The minimum Gasteiger partial charge on any atom is -0.495 e. The summed E-state index contributed by atoms with van der Waals surface area (Å²) in [7, 11) is 0.889. The van der Waals surface area contributed by atoms with E-state index in [9.17, 15) is 17.2 Å². The lowest BCUT2D eigenvalue weighted by Crippen LogP contribution is -2.44. The first-order valence-corrected chi connectivity index (χ1v) is 11.0. The van der Waals surface area contributed by atoms with Crippen LogP contribution in [0.4, 0.5) is 20.2 Å². The van der Waals surface area contributed by atoms with Gasteiger partial charge in [0.05, 0.1) is 30.5 Å². The van der Waals surface area contributed by atoms with Crippen molar-refractivity contribution in [1.82, 2.24) is 4.90 Å². The molecule has 3 rings (SSSR count). The van der Waals surface area contributed by atoms with Gasteiger partial charge in [0.2, 0.25) is 0 Å². The molecule has 1 heterocycles. The predicted octanol–water partition coefficient (Wildman–Crippen LogP) is 2.86. The molecule has 0 amide bonds. The van der Waals surface area contributed by atoms with Gasteiger partial charge in [0.1, 0.15) is 5.75 Å². The first kappa shape index (κ1) is 22.9. The third kappa shape index (κ3) is 5.47. The van der Waals surface area contributed by atoms with Crippen LogP contribution in [0.5, 0.6) is 17.2 Å². The summed E-state index contributed by atoms with van der Waals surface area (Å²) < 4.78 is 68.2. The highest BCUT2D eigenvalue weighted by Crippen LogP contribution is 2.34. The maximum absolute atomic E-state index is 13.0. The second kappa shape index (κ2) is 9.56. The van der Waals surface area contributed by atoms with Crippen LogP contribution in [-0.4, -0.2) is 67.4 Å². The monoisotopic (exact) mass is 457 g/mol. The topological polar surface area (TPSA) is 80.3 Å².